The molecule has 0 aromatic heterocycles. The molecular formula is C10H16N2O3. The predicted octanol–water partition coefficient (Wildman–Crippen LogP) is 1.48. The number of rotatable bonds is 0. The average Bonchev–Trinajstić information content (AvgIpc) is 2.23. The second-order valence-corrected chi connectivity index (χ2v) is 5.05. The van der Waals surface area contributed by atoms with E-state index < -0.39 is 11.7 Å². The van der Waals surface area contributed by atoms with Gasteiger partial charge in [0.2, 0.25) is 0 Å². The Morgan fingerprint density at radius 3 is 2.53 bits per heavy atom. The molecule has 0 aromatic carbocycles. The lowest BCUT2D eigenvalue weighted by atomic mass is 9.87. The van der Waals surface area contributed by atoms with Crippen molar-refractivity contribution < 1.29 is 14.3 Å². The van der Waals surface area contributed by atoms with E-state index in [9.17, 15) is 9.59 Å². The predicted molar refractivity (Wildman–Crippen MR) is 53.4 cm³/mol. The number of amides is 3. The number of hydrogen-bond acceptors (Lipinski definition) is 3. The van der Waals surface area contributed by atoms with E-state index in [0.29, 0.717) is 0 Å². The molecule has 5 heteroatoms. The Labute approximate surface area is 88.8 Å². The summed E-state index contributed by atoms with van der Waals surface area (Å²) in [5.41, 5.74) is -0.556. The van der Waals surface area contributed by atoms with E-state index in [1.54, 1.807) is 20.8 Å². The smallest absolute Gasteiger partial charge is 0.418 e. The Morgan fingerprint density at radius 1 is 1.47 bits per heavy atom. The van der Waals surface area contributed by atoms with Crippen LogP contribution in [0.1, 0.15) is 33.6 Å². The first kappa shape index (κ1) is 10.3. The number of hydrogen-bond donors (Lipinski definition) is 1. The number of fused-ring (bicyclic) bond motifs is 1. The molecule has 0 aromatic rings. The van der Waals surface area contributed by atoms with Gasteiger partial charge in [-0.1, -0.05) is 0 Å². The molecule has 1 saturated carbocycles. The fraction of sp³-hybridized carbons (Fsp3) is 0.800. The normalized spacial score (nSPS) is 29.3. The molecule has 2 atom stereocenters. The minimum Gasteiger partial charge on any atom is -0.443 e. The SMILES string of the molecule is CC(C)(C)OC(=O)N1C(=O)N[C@@H]2CC[C@@H]21. The molecule has 0 radical (unpaired) electrons. The zero-order valence-electron chi connectivity index (χ0n) is 9.24. The number of imide groups is 1. The third-order valence-corrected chi connectivity index (χ3v) is 2.69. The van der Waals surface area contributed by atoms with Crippen LogP contribution in [0.3, 0.4) is 0 Å². The average molecular weight is 212 g/mol. The van der Waals surface area contributed by atoms with E-state index in [-0.39, 0.29) is 18.1 Å². The minimum atomic E-state index is -0.556. The summed E-state index contributed by atoms with van der Waals surface area (Å²) < 4.78 is 5.17. The minimum absolute atomic E-state index is 0.00681. The quantitative estimate of drug-likeness (QED) is 0.661. The van der Waals surface area contributed by atoms with Crippen molar-refractivity contribution >= 4 is 12.1 Å². The maximum Gasteiger partial charge on any atom is 0.418 e. The summed E-state index contributed by atoms with van der Waals surface area (Å²) in [5, 5.41) is 2.76. The molecule has 0 spiro atoms. The van der Waals surface area contributed by atoms with Gasteiger partial charge in [0.1, 0.15) is 5.60 Å². The van der Waals surface area contributed by atoms with E-state index in [0.717, 1.165) is 12.8 Å². The largest absolute Gasteiger partial charge is 0.443 e. The number of nitrogens with one attached hydrogen (secondary N) is 1. The van der Waals surface area contributed by atoms with E-state index in [1.165, 1.54) is 4.90 Å². The molecule has 1 heterocycles. The molecule has 84 valence electrons. The summed E-state index contributed by atoms with van der Waals surface area (Å²) in [5.74, 6) is 0. The molecule has 5 nitrogen and oxygen atoms in total. The summed E-state index contributed by atoms with van der Waals surface area (Å²) in [7, 11) is 0. The maximum atomic E-state index is 11.7. The highest BCUT2D eigenvalue weighted by molar-refractivity contribution is 5.94. The Hall–Kier alpha value is -1.26. The van der Waals surface area contributed by atoms with Crippen molar-refractivity contribution in [2.24, 2.45) is 0 Å². The molecule has 1 saturated heterocycles. The fourth-order valence-electron chi connectivity index (χ4n) is 1.87. The van der Waals surface area contributed by atoms with Crippen LogP contribution in [-0.2, 0) is 4.74 Å². The lowest BCUT2D eigenvalue weighted by Crippen LogP contribution is -2.48. The van der Waals surface area contributed by atoms with Crippen molar-refractivity contribution in [1.82, 2.24) is 10.2 Å². The molecular weight excluding hydrogens is 196 g/mol. The van der Waals surface area contributed by atoms with Crippen LogP contribution in [0.5, 0.6) is 0 Å². The zero-order valence-corrected chi connectivity index (χ0v) is 9.24. The van der Waals surface area contributed by atoms with Gasteiger partial charge < -0.3 is 10.1 Å². The summed E-state index contributed by atoms with van der Waals surface area (Å²) in [6.45, 7) is 5.37. The zero-order chi connectivity index (χ0) is 11.2. The topological polar surface area (TPSA) is 58.6 Å². The molecule has 3 amide bonds. The van der Waals surface area contributed by atoms with Gasteiger partial charge in [0.25, 0.3) is 0 Å². The van der Waals surface area contributed by atoms with Crippen LogP contribution in [0.4, 0.5) is 9.59 Å². The number of carbonyl (C=O) groups is 2. The Bertz CT molecular complexity index is 308. The molecule has 1 N–H and O–H groups in total. The van der Waals surface area contributed by atoms with Crippen LogP contribution >= 0.6 is 0 Å². The van der Waals surface area contributed by atoms with Gasteiger partial charge in [0, 0.05) is 0 Å². The summed E-state index contributed by atoms with van der Waals surface area (Å²) in [6.07, 6.45) is 1.30. The second-order valence-electron chi connectivity index (χ2n) is 5.05. The van der Waals surface area contributed by atoms with Crippen LogP contribution in [0.2, 0.25) is 0 Å². The number of nitrogens with zero attached hydrogens (tertiary/aromatic N) is 1. The Morgan fingerprint density at radius 2 is 2.13 bits per heavy atom. The molecule has 2 aliphatic rings. The van der Waals surface area contributed by atoms with E-state index >= 15 is 0 Å². The molecule has 1 aliphatic heterocycles. The van der Waals surface area contributed by atoms with Crippen LogP contribution in [0.25, 0.3) is 0 Å². The lowest BCUT2D eigenvalue weighted by Gasteiger charge is -2.33. The standard InChI is InChI=1S/C10H16N2O3/c1-10(2,3)15-9(14)12-7-5-4-6(7)11-8(12)13/h6-7H,4-5H2,1-3H3,(H,11,13)/t6-,7+/m1/s1. The first-order valence-electron chi connectivity index (χ1n) is 5.21. The number of ether oxygens (including phenoxy) is 1. The molecule has 15 heavy (non-hydrogen) atoms. The highest BCUT2D eigenvalue weighted by atomic mass is 16.6. The Kier molecular flexibility index (Phi) is 2.13. The number of urea groups is 1. The van der Waals surface area contributed by atoms with Gasteiger partial charge in [0.05, 0.1) is 12.1 Å². The summed E-state index contributed by atoms with van der Waals surface area (Å²) in [4.78, 5) is 24.4. The van der Waals surface area contributed by atoms with Gasteiger partial charge in [-0.3, -0.25) is 0 Å². The Balaban J connectivity index is 2.04. The van der Waals surface area contributed by atoms with Crippen molar-refractivity contribution in [2.75, 3.05) is 0 Å². The monoisotopic (exact) mass is 212 g/mol. The van der Waals surface area contributed by atoms with Gasteiger partial charge >= 0.3 is 12.1 Å². The van der Waals surface area contributed by atoms with Gasteiger partial charge in [0.15, 0.2) is 0 Å². The summed E-state index contributed by atoms with van der Waals surface area (Å²) in [6, 6.07) is -0.172. The molecule has 1 aliphatic carbocycles. The lowest BCUT2D eigenvalue weighted by molar-refractivity contribution is 0.0239. The van der Waals surface area contributed by atoms with E-state index in [1.807, 2.05) is 0 Å². The molecule has 0 bridgehead atoms. The third kappa shape index (κ3) is 1.78. The fourth-order valence-corrected chi connectivity index (χ4v) is 1.87. The van der Waals surface area contributed by atoms with Gasteiger partial charge in [-0.2, -0.15) is 0 Å². The highest BCUT2D eigenvalue weighted by Crippen LogP contribution is 2.31. The van der Waals surface area contributed by atoms with Crippen molar-refractivity contribution in [3.63, 3.8) is 0 Å². The van der Waals surface area contributed by atoms with Crippen molar-refractivity contribution in [2.45, 2.75) is 51.3 Å². The van der Waals surface area contributed by atoms with Crippen molar-refractivity contribution in [3.8, 4) is 0 Å². The van der Waals surface area contributed by atoms with Crippen LogP contribution in [0.15, 0.2) is 0 Å². The third-order valence-electron chi connectivity index (χ3n) is 2.69. The maximum absolute atomic E-state index is 11.7. The first-order chi connectivity index (χ1) is 6.88. The molecule has 0 unspecified atom stereocenters. The summed E-state index contributed by atoms with van der Waals surface area (Å²) >= 11 is 0. The van der Waals surface area contributed by atoms with Crippen LogP contribution in [0, 0.1) is 0 Å². The van der Waals surface area contributed by atoms with Crippen molar-refractivity contribution in [3.05, 3.63) is 0 Å². The highest BCUT2D eigenvalue weighted by Gasteiger charge is 2.49. The van der Waals surface area contributed by atoms with Crippen LogP contribution in [-0.4, -0.2) is 34.7 Å². The van der Waals surface area contributed by atoms with Gasteiger partial charge in [-0.25, -0.2) is 14.5 Å². The van der Waals surface area contributed by atoms with Crippen LogP contribution < -0.4 is 5.32 Å². The van der Waals surface area contributed by atoms with E-state index in [2.05, 4.69) is 5.32 Å². The van der Waals surface area contributed by atoms with E-state index in [4.69, 9.17) is 4.74 Å². The van der Waals surface area contributed by atoms with Gasteiger partial charge in [-0.05, 0) is 33.6 Å². The number of carbonyl (C=O) groups excluding carboxylic acids is 2. The first-order valence-corrected chi connectivity index (χ1v) is 5.21. The van der Waals surface area contributed by atoms with Gasteiger partial charge in [-0.15, -0.1) is 0 Å². The van der Waals surface area contributed by atoms with Crippen molar-refractivity contribution in [1.29, 1.82) is 0 Å². The second kappa shape index (κ2) is 3.12. The molecule has 2 fully saturated rings. The molecule has 2 rings (SSSR count).